The van der Waals surface area contributed by atoms with E-state index in [1.165, 1.54) is 12.8 Å². The third-order valence-corrected chi connectivity index (χ3v) is 2.81. The van der Waals surface area contributed by atoms with E-state index in [-0.39, 0.29) is 0 Å². The van der Waals surface area contributed by atoms with E-state index in [2.05, 4.69) is 0 Å². The molecule has 0 unspecified atom stereocenters. The van der Waals surface area contributed by atoms with Crippen molar-refractivity contribution in [2.45, 2.75) is 31.8 Å². The van der Waals surface area contributed by atoms with Gasteiger partial charge in [0.2, 0.25) is 0 Å². The second kappa shape index (κ2) is 4.09. The number of anilines is 1. The van der Waals surface area contributed by atoms with Gasteiger partial charge in [0, 0.05) is 11.1 Å². The van der Waals surface area contributed by atoms with Crippen LogP contribution in [0.1, 0.15) is 25.7 Å². The molecule has 0 aromatic heterocycles. The average molecular weight is 212 g/mol. The van der Waals surface area contributed by atoms with E-state index >= 15 is 0 Å². The van der Waals surface area contributed by atoms with Crippen LogP contribution < -0.4 is 10.5 Å². The maximum absolute atomic E-state index is 5.87. The highest BCUT2D eigenvalue weighted by atomic mass is 35.5. The molecule has 76 valence electrons. The minimum absolute atomic E-state index is 0.329. The summed E-state index contributed by atoms with van der Waals surface area (Å²) in [5.41, 5.74) is 6.45. The monoisotopic (exact) mass is 211 g/mol. The Balaban J connectivity index is 2.10. The van der Waals surface area contributed by atoms with Crippen molar-refractivity contribution in [3.05, 3.63) is 23.2 Å². The largest absolute Gasteiger partial charge is 0.488 e. The van der Waals surface area contributed by atoms with Crippen LogP contribution in [0, 0.1) is 0 Å². The topological polar surface area (TPSA) is 35.2 Å². The summed E-state index contributed by atoms with van der Waals surface area (Å²) in [6, 6.07) is 5.35. The molecule has 0 heterocycles. The zero-order valence-electron chi connectivity index (χ0n) is 8.00. The van der Waals surface area contributed by atoms with Gasteiger partial charge in [0.1, 0.15) is 5.75 Å². The molecule has 1 aliphatic carbocycles. The molecule has 1 aromatic carbocycles. The van der Waals surface area contributed by atoms with Gasteiger partial charge in [-0.3, -0.25) is 0 Å². The second-order valence-corrected chi connectivity index (χ2v) is 4.14. The average Bonchev–Trinajstić information content (AvgIpc) is 2.64. The van der Waals surface area contributed by atoms with Gasteiger partial charge >= 0.3 is 0 Å². The van der Waals surface area contributed by atoms with Crippen molar-refractivity contribution in [2.75, 3.05) is 5.73 Å². The highest BCUT2D eigenvalue weighted by molar-refractivity contribution is 6.30. The molecule has 0 saturated heterocycles. The van der Waals surface area contributed by atoms with E-state index in [1.54, 1.807) is 18.2 Å². The minimum atomic E-state index is 0.329. The van der Waals surface area contributed by atoms with Crippen LogP contribution in [0.4, 0.5) is 5.69 Å². The third-order valence-electron chi connectivity index (χ3n) is 2.57. The normalized spacial score (nSPS) is 17.2. The predicted octanol–water partition coefficient (Wildman–Crippen LogP) is 3.24. The Bertz CT molecular complexity index is 321. The molecule has 0 spiro atoms. The number of halogens is 1. The van der Waals surface area contributed by atoms with Crippen molar-refractivity contribution < 1.29 is 4.74 Å². The van der Waals surface area contributed by atoms with E-state index in [9.17, 15) is 0 Å². The first-order chi connectivity index (χ1) is 6.75. The highest BCUT2D eigenvalue weighted by Crippen LogP contribution is 2.30. The van der Waals surface area contributed by atoms with Gasteiger partial charge in [-0.25, -0.2) is 0 Å². The summed E-state index contributed by atoms with van der Waals surface area (Å²) in [7, 11) is 0. The molecule has 14 heavy (non-hydrogen) atoms. The Labute approximate surface area is 89.0 Å². The van der Waals surface area contributed by atoms with Gasteiger partial charge in [-0.15, -0.1) is 0 Å². The molecule has 2 N–H and O–H groups in total. The first-order valence-corrected chi connectivity index (χ1v) is 5.35. The minimum Gasteiger partial charge on any atom is -0.488 e. The molecule has 0 radical (unpaired) electrons. The standard InChI is InChI=1S/C11H14ClNO/c12-8-5-6-10(13)11(7-8)14-9-3-1-2-4-9/h5-7,9H,1-4,13H2. The predicted molar refractivity (Wildman–Crippen MR) is 58.7 cm³/mol. The van der Waals surface area contributed by atoms with Crippen LogP contribution in [0.15, 0.2) is 18.2 Å². The molecular formula is C11H14ClNO. The highest BCUT2D eigenvalue weighted by Gasteiger charge is 2.17. The summed E-state index contributed by atoms with van der Waals surface area (Å²) in [5.74, 6) is 0.726. The van der Waals surface area contributed by atoms with Gasteiger partial charge in [-0.1, -0.05) is 11.6 Å². The van der Waals surface area contributed by atoms with Crippen LogP contribution in [0.5, 0.6) is 5.75 Å². The van der Waals surface area contributed by atoms with Crippen LogP contribution in [0.3, 0.4) is 0 Å². The Hall–Kier alpha value is -0.890. The van der Waals surface area contributed by atoms with Crippen LogP contribution in [-0.2, 0) is 0 Å². The summed E-state index contributed by atoms with van der Waals surface area (Å²) in [6.45, 7) is 0. The van der Waals surface area contributed by atoms with Crippen LogP contribution in [-0.4, -0.2) is 6.10 Å². The number of benzene rings is 1. The Morgan fingerprint density at radius 3 is 2.71 bits per heavy atom. The summed E-state index contributed by atoms with van der Waals surface area (Å²) in [4.78, 5) is 0. The fourth-order valence-corrected chi connectivity index (χ4v) is 1.96. The zero-order valence-corrected chi connectivity index (χ0v) is 8.76. The number of ether oxygens (including phenoxy) is 1. The Morgan fingerprint density at radius 2 is 2.00 bits per heavy atom. The quantitative estimate of drug-likeness (QED) is 0.763. The van der Waals surface area contributed by atoms with Crippen molar-refractivity contribution in [1.29, 1.82) is 0 Å². The van der Waals surface area contributed by atoms with E-state index in [0.29, 0.717) is 16.8 Å². The van der Waals surface area contributed by atoms with Gasteiger partial charge in [0.15, 0.2) is 0 Å². The molecule has 0 atom stereocenters. The lowest BCUT2D eigenvalue weighted by molar-refractivity contribution is 0.211. The molecule has 1 saturated carbocycles. The molecule has 1 aliphatic rings. The maximum atomic E-state index is 5.87. The van der Waals surface area contributed by atoms with Gasteiger partial charge < -0.3 is 10.5 Å². The van der Waals surface area contributed by atoms with E-state index in [4.69, 9.17) is 22.1 Å². The van der Waals surface area contributed by atoms with Gasteiger partial charge in [0.25, 0.3) is 0 Å². The molecule has 0 amide bonds. The maximum Gasteiger partial charge on any atom is 0.144 e. The van der Waals surface area contributed by atoms with Crippen LogP contribution >= 0.6 is 11.6 Å². The second-order valence-electron chi connectivity index (χ2n) is 3.71. The lowest BCUT2D eigenvalue weighted by atomic mass is 10.2. The van der Waals surface area contributed by atoms with Crippen molar-refractivity contribution >= 4 is 17.3 Å². The van der Waals surface area contributed by atoms with Gasteiger partial charge in [0.05, 0.1) is 11.8 Å². The smallest absolute Gasteiger partial charge is 0.144 e. The first-order valence-electron chi connectivity index (χ1n) is 4.97. The lowest BCUT2D eigenvalue weighted by Gasteiger charge is -2.14. The van der Waals surface area contributed by atoms with Crippen LogP contribution in [0.2, 0.25) is 5.02 Å². The van der Waals surface area contributed by atoms with Crippen molar-refractivity contribution in [2.24, 2.45) is 0 Å². The fraction of sp³-hybridized carbons (Fsp3) is 0.455. The molecular weight excluding hydrogens is 198 g/mol. The molecule has 0 bridgehead atoms. The Morgan fingerprint density at radius 1 is 1.29 bits per heavy atom. The third kappa shape index (κ3) is 2.13. The molecule has 3 heteroatoms. The number of nitrogens with two attached hydrogens (primary N) is 1. The fourth-order valence-electron chi connectivity index (χ4n) is 1.80. The molecule has 0 aliphatic heterocycles. The van der Waals surface area contributed by atoms with Crippen molar-refractivity contribution in [3.63, 3.8) is 0 Å². The number of rotatable bonds is 2. The first kappa shape index (κ1) is 9.66. The van der Waals surface area contributed by atoms with Crippen molar-refractivity contribution in [3.8, 4) is 5.75 Å². The molecule has 2 rings (SSSR count). The molecule has 1 aromatic rings. The SMILES string of the molecule is Nc1ccc(Cl)cc1OC1CCCC1. The van der Waals surface area contributed by atoms with Gasteiger partial charge in [-0.05, 0) is 37.8 Å². The summed E-state index contributed by atoms with van der Waals surface area (Å²) in [6.07, 6.45) is 5.10. The number of hydrogen-bond acceptors (Lipinski definition) is 2. The number of nitrogen functional groups attached to an aromatic ring is 1. The molecule has 1 fully saturated rings. The lowest BCUT2D eigenvalue weighted by Crippen LogP contribution is -2.11. The summed E-state index contributed by atoms with van der Waals surface area (Å²) in [5, 5.41) is 0.673. The van der Waals surface area contributed by atoms with E-state index < -0.39 is 0 Å². The Kier molecular flexibility index (Phi) is 2.82. The molecule has 2 nitrogen and oxygen atoms in total. The van der Waals surface area contributed by atoms with E-state index in [1.807, 2.05) is 0 Å². The van der Waals surface area contributed by atoms with E-state index in [0.717, 1.165) is 18.6 Å². The zero-order chi connectivity index (χ0) is 9.97. The van der Waals surface area contributed by atoms with Crippen LogP contribution in [0.25, 0.3) is 0 Å². The van der Waals surface area contributed by atoms with Gasteiger partial charge in [-0.2, -0.15) is 0 Å². The summed E-state index contributed by atoms with van der Waals surface area (Å²) < 4.78 is 5.78. The number of hydrogen-bond donors (Lipinski definition) is 1. The van der Waals surface area contributed by atoms with Crippen molar-refractivity contribution in [1.82, 2.24) is 0 Å². The summed E-state index contributed by atoms with van der Waals surface area (Å²) >= 11 is 5.87.